The van der Waals surface area contributed by atoms with Crippen LogP contribution >= 0.6 is 0 Å². The highest BCUT2D eigenvalue weighted by Gasteiger charge is 2.17. The van der Waals surface area contributed by atoms with Crippen molar-refractivity contribution in [1.29, 1.82) is 0 Å². The summed E-state index contributed by atoms with van der Waals surface area (Å²) in [6.45, 7) is -0.359. The van der Waals surface area contributed by atoms with Crippen molar-refractivity contribution in [2.45, 2.75) is 38.1 Å². The summed E-state index contributed by atoms with van der Waals surface area (Å²) in [7, 11) is 1.51. The Morgan fingerprint density at radius 1 is 1.16 bits per heavy atom. The van der Waals surface area contributed by atoms with E-state index in [-0.39, 0.29) is 19.1 Å². The molecule has 0 aliphatic heterocycles. The van der Waals surface area contributed by atoms with E-state index in [1.54, 1.807) is 0 Å². The first-order valence-corrected chi connectivity index (χ1v) is 6.48. The molecule has 7 heteroatoms. The first-order valence-electron chi connectivity index (χ1n) is 6.48. The molecule has 0 aromatic carbocycles. The third-order valence-electron chi connectivity index (χ3n) is 3.01. The van der Waals surface area contributed by atoms with Gasteiger partial charge >= 0.3 is 12.0 Å². The Kier molecular flexibility index (Phi) is 6.27. The van der Waals surface area contributed by atoms with Gasteiger partial charge in [-0.15, -0.1) is 0 Å². The maximum absolute atomic E-state index is 11.5. The molecular weight excluding hydrogens is 250 g/mol. The Morgan fingerprint density at radius 2 is 1.79 bits per heavy atom. The van der Waals surface area contributed by atoms with Crippen molar-refractivity contribution < 1.29 is 19.5 Å². The molecule has 0 unspecified atom stereocenters. The number of urea groups is 1. The highest BCUT2D eigenvalue weighted by Crippen LogP contribution is 2.16. The summed E-state index contributed by atoms with van der Waals surface area (Å²) in [5.41, 5.74) is 0. The van der Waals surface area contributed by atoms with Gasteiger partial charge in [0.2, 0.25) is 5.91 Å². The molecule has 1 saturated carbocycles. The van der Waals surface area contributed by atoms with Crippen molar-refractivity contribution in [3.8, 4) is 0 Å². The van der Waals surface area contributed by atoms with E-state index in [4.69, 9.17) is 5.11 Å². The smallest absolute Gasteiger partial charge is 0.321 e. The molecule has 3 N–H and O–H groups in total. The van der Waals surface area contributed by atoms with E-state index in [1.165, 1.54) is 18.4 Å². The number of aliphatic carboxylic acids is 1. The normalized spacial score (nSPS) is 16.1. The summed E-state index contributed by atoms with van der Waals surface area (Å²) in [4.78, 5) is 34.8. The Hall–Kier alpha value is -1.63. The minimum Gasteiger partial charge on any atom is -0.480 e. The molecule has 19 heavy (non-hydrogen) atoms. The molecule has 0 radical (unpaired) electrons. The fourth-order valence-corrected chi connectivity index (χ4v) is 2.17. The van der Waals surface area contributed by atoms with Crippen molar-refractivity contribution in [3.63, 3.8) is 0 Å². The molecule has 0 atom stereocenters. The quantitative estimate of drug-likeness (QED) is 0.661. The highest BCUT2D eigenvalue weighted by molar-refractivity contribution is 5.95. The number of carboxylic acids is 1. The van der Waals surface area contributed by atoms with Crippen LogP contribution in [0.4, 0.5) is 4.79 Å². The zero-order chi connectivity index (χ0) is 14.3. The van der Waals surface area contributed by atoms with Crippen LogP contribution < -0.4 is 10.6 Å². The van der Waals surface area contributed by atoms with Crippen molar-refractivity contribution >= 4 is 17.9 Å². The summed E-state index contributed by atoms with van der Waals surface area (Å²) in [5.74, 6) is -1.51. The molecule has 0 aromatic heterocycles. The van der Waals surface area contributed by atoms with Crippen LogP contribution in [0, 0.1) is 0 Å². The molecular formula is C12H21N3O4. The van der Waals surface area contributed by atoms with Crippen LogP contribution in [0.5, 0.6) is 0 Å². The van der Waals surface area contributed by atoms with Gasteiger partial charge in [-0.1, -0.05) is 19.3 Å². The maximum atomic E-state index is 11.5. The van der Waals surface area contributed by atoms with E-state index in [0.717, 1.165) is 25.7 Å². The number of amides is 3. The molecule has 0 heterocycles. The van der Waals surface area contributed by atoms with Crippen LogP contribution in [0.3, 0.4) is 0 Å². The molecule has 0 bridgehead atoms. The minimum atomic E-state index is -1.01. The van der Waals surface area contributed by atoms with E-state index in [2.05, 4.69) is 10.6 Å². The lowest BCUT2D eigenvalue weighted by Gasteiger charge is -2.22. The molecule has 0 aromatic rings. The van der Waals surface area contributed by atoms with Gasteiger partial charge in [0.1, 0.15) is 0 Å². The van der Waals surface area contributed by atoms with Gasteiger partial charge in [0.15, 0.2) is 0 Å². The zero-order valence-electron chi connectivity index (χ0n) is 11.1. The lowest BCUT2D eigenvalue weighted by atomic mass is 9.96. The molecule has 3 amide bonds. The number of nitrogens with one attached hydrogen (secondary N) is 2. The van der Waals surface area contributed by atoms with E-state index >= 15 is 0 Å². The number of imide groups is 1. The Morgan fingerprint density at radius 3 is 2.37 bits per heavy atom. The largest absolute Gasteiger partial charge is 0.480 e. The van der Waals surface area contributed by atoms with Gasteiger partial charge in [0.25, 0.3) is 0 Å². The van der Waals surface area contributed by atoms with Crippen LogP contribution in [-0.4, -0.2) is 54.1 Å². The number of carbonyl (C=O) groups excluding carboxylic acids is 2. The van der Waals surface area contributed by atoms with Crippen molar-refractivity contribution in [2.75, 3.05) is 20.1 Å². The monoisotopic (exact) mass is 271 g/mol. The fourth-order valence-electron chi connectivity index (χ4n) is 2.17. The SMILES string of the molecule is CN(CC(=O)O)CC(=O)NC(=O)NC1CCCCC1. The molecule has 0 spiro atoms. The lowest BCUT2D eigenvalue weighted by Crippen LogP contribution is -2.48. The topological polar surface area (TPSA) is 98.7 Å². The van der Waals surface area contributed by atoms with Gasteiger partial charge < -0.3 is 10.4 Å². The van der Waals surface area contributed by atoms with Crippen LogP contribution in [0.15, 0.2) is 0 Å². The molecule has 108 valence electrons. The summed E-state index contributed by atoms with van der Waals surface area (Å²) in [6.07, 6.45) is 5.28. The summed E-state index contributed by atoms with van der Waals surface area (Å²) >= 11 is 0. The predicted molar refractivity (Wildman–Crippen MR) is 68.7 cm³/mol. The van der Waals surface area contributed by atoms with Crippen molar-refractivity contribution in [2.24, 2.45) is 0 Å². The Labute approximate surface area is 112 Å². The third kappa shape index (κ3) is 6.76. The standard InChI is InChI=1S/C12H21N3O4/c1-15(8-11(17)18)7-10(16)14-12(19)13-9-5-3-2-4-6-9/h9H,2-8H2,1H3,(H,17,18)(H2,13,14,16,19). The van der Waals surface area contributed by atoms with Crippen molar-refractivity contribution in [1.82, 2.24) is 15.5 Å². The Balaban J connectivity index is 2.23. The van der Waals surface area contributed by atoms with Gasteiger partial charge in [-0.25, -0.2) is 4.79 Å². The number of nitrogens with zero attached hydrogens (tertiary/aromatic N) is 1. The first kappa shape index (κ1) is 15.4. The van der Waals surface area contributed by atoms with Crippen molar-refractivity contribution in [3.05, 3.63) is 0 Å². The number of hydrogen-bond donors (Lipinski definition) is 3. The van der Waals surface area contributed by atoms with Crippen LogP contribution in [0.25, 0.3) is 0 Å². The summed E-state index contributed by atoms with van der Waals surface area (Å²) < 4.78 is 0. The molecule has 1 aliphatic rings. The maximum Gasteiger partial charge on any atom is 0.321 e. The van der Waals surface area contributed by atoms with E-state index in [9.17, 15) is 14.4 Å². The minimum absolute atomic E-state index is 0.121. The summed E-state index contributed by atoms with van der Waals surface area (Å²) in [6, 6.07) is -0.362. The lowest BCUT2D eigenvalue weighted by molar-refractivity contribution is -0.138. The number of likely N-dealkylation sites (N-methyl/N-ethyl adjacent to an activating group) is 1. The van der Waals surface area contributed by atoms with Gasteiger partial charge in [-0.2, -0.15) is 0 Å². The van der Waals surface area contributed by atoms with Crippen LogP contribution in [-0.2, 0) is 9.59 Å². The van der Waals surface area contributed by atoms with Gasteiger partial charge in [0.05, 0.1) is 13.1 Å². The second kappa shape index (κ2) is 7.73. The second-order valence-corrected chi connectivity index (χ2v) is 4.92. The summed E-state index contributed by atoms with van der Waals surface area (Å²) in [5, 5.41) is 13.5. The molecule has 0 saturated heterocycles. The predicted octanol–water partition coefficient (Wildman–Crippen LogP) is 0.161. The van der Waals surface area contributed by atoms with E-state index in [0.29, 0.717) is 0 Å². The number of carboxylic acid groups (broad SMARTS) is 1. The van der Waals surface area contributed by atoms with E-state index < -0.39 is 17.9 Å². The van der Waals surface area contributed by atoms with Gasteiger partial charge in [0, 0.05) is 6.04 Å². The van der Waals surface area contributed by atoms with Gasteiger partial charge in [-0.3, -0.25) is 19.8 Å². The fraction of sp³-hybridized carbons (Fsp3) is 0.750. The first-order chi connectivity index (χ1) is 8.97. The number of carbonyl (C=O) groups is 3. The number of hydrogen-bond acceptors (Lipinski definition) is 4. The zero-order valence-corrected chi connectivity index (χ0v) is 11.1. The molecule has 1 rings (SSSR count). The third-order valence-corrected chi connectivity index (χ3v) is 3.01. The second-order valence-electron chi connectivity index (χ2n) is 4.92. The number of rotatable bonds is 5. The Bertz CT molecular complexity index is 340. The van der Waals surface area contributed by atoms with Gasteiger partial charge in [-0.05, 0) is 19.9 Å². The average Bonchev–Trinajstić information content (AvgIpc) is 2.28. The molecule has 7 nitrogen and oxygen atoms in total. The van der Waals surface area contributed by atoms with Crippen LogP contribution in [0.1, 0.15) is 32.1 Å². The molecule has 1 aliphatic carbocycles. The average molecular weight is 271 g/mol. The molecule has 1 fully saturated rings. The van der Waals surface area contributed by atoms with E-state index in [1.807, 2.05) is 0 Å². The van der Waals surface area contributed by atoms with Crippen LogP contribution in [0.2, 0.25) is 0 Å². The highest BCUT2D eigenvalue weighted by atomic mass is 16.4.